The fourth-order valence-corrected chi connectivity index (χ4v) is 0.762. The van der Waals surface area contributed by atoms with E-state index in [0.717, 1.165) is 12.1 Å². The van der Waals surface area contributed by atoms with Crippen LogP contribution >= 0.6 is 0 Å². The molecule has 1 aromatic heterocycles. The van der Waals surface area contributed by atoms with Crippen molar-refractivity contribution in [2.24, 2.45) is 0 Å². The molecule has 0 radical (unpaired) electrons. The van der Waals surface area contributed by atoms with Gasteiger partial charge in [-0.2, -0.15) is 4.39 Å². The van der Waals surface area contributed by atoms with Crippen molar-refractivity contribution >= 4 is 0 Å². The van der Waals surface area contributed by atoms with Crippen LogP contribution in [0.25, 0.3) is 0 Å². The molecule has 0 aromatic carbocycles. The molecule has 1 aromatic rings. The normalized spacial score (nSPS) is 10.6. The topological polar surface area (TPSA) is 12.9 Å². The Kier molecular flexibility index (Phi) is 2.12. The molecule has 0 spiro atoms. The third-order valence-electron chi connectivity index (χ3n) is 1.18. The molecule has 0 unspecified atom stereocenters. The fourth-order valence-electron chi connectivity index (χ4n) is 0.762. The van der Waals surface area contributed by atoms with E-state index in [1.165, 1.54) is 6.92 Å². The SMILES string of the molecule is Cc1cc(F)nc(C(F)F)c1. The summed E-state index contributed by atoms with van der Waals surface area (Å²) >= 11 is 0. The summed E-state index contributed by atoms with van der Waals surface area (Å²) in [5.74, 6) is -0.861. The highest BCUT2D eigenvalue weighted by Gasteiger charge is 2.09. The van der Waals surface area contributed by atoms with Crippen molar-refractivity contribution in [3.8, 4) is 0 Å². The van der Waals surface area contributed by atoms with Crippen LogP contribution in [-0.2, 0) is 0 Å². The largest absolute Gasteiger partial charge is 0.280 e. The second kappa shape index (κ2) is 2.90. The predicted molar refractivity (Wildman–Crippen MR) is 33.9 cm³/mol. The Morgan fingerprint density at radius 2 is 2.00 bits per heavy atom. The molecule has 11 heavy (non-hydrogen) atoms. The van der Waals surface area contributed by atoms with Crippen molar-refractivity contribution < 1.29 is 13.2 Å². The Morgan fingerprint density at radius 1 is 1.36 bits per heavy atom. The van der Waals surface area contributed by atoms with Crippen molar-refractivity contribution in [3.05, 3.63) is 29.3 Å². The fraction of sp³-hybridized carbons (Fsp3) is 0.286. The van der Waals surface area contributed by atoms with Crippen LogP contribution in [-0.4, -0.2) is 4.98 Å². The molecule has 0 aliphatic carbocycles. The first-order valence-electron chi connectivity index (χ1n) is 3.02. The molecule has 0 saturated heterocycles. The van der Waals surface area contributed by atoms with E-state index >= 15 is 0 Å². The van der Waals surface area contributed by atoms with E-state index in [1.54, 1.807) is 0 Å². The van der Waals surface area contributed by atoms with E-state index in [2.05, 4.69) is 4.98 Å². The van der Waals surface area contributed by atoms with E-state index in [-0.39, 0.29) is 0 Å². The highest BCUT2D eigenvalue weighted by atomic mass is 19.3. The van der Waals surface area contributed by atoms with Gasteiger partial charge in [-0.1, -0.05) is 0 Å². The van der Waals surface area contributed by atoms with Gasteiger partial charge in [-0.05, 0) is 24.6 Å². The Balaban J connectivity index is 3.08. The molecule has 0 fully saturated rings. The van der Waals surface area contributed by atoms with Crippen LogP contribution in [0, 0.1) is 12.9 Å². The van der Waals surface area contributed by atoms with Gasteiger partial charge >= 0.3 is 0 Å². The molecule has 60 valence electrons. The lowest BCUT2D eigenvalue weighted by molar-refractivity contribution is 0.144. The number of aromatic nitrogens is 1. The maximum atomic E-state index is 12.3. The molecule has 4 heteroatoms. The monoisotopic (exact) mass is 161 g/mol. The number of rotatable bonds is 1. The number of halogens is 3. The minimum absolute atomic E-state index is 0.452. The Hall–Kier alpha value is -1.06. The van der Waals surface area contributed by atoms with Crippen molar-refractivity contribution in [1.29, 1.82) is 0 Å². The second-order valence-electron chi connectivity index (χ2n) is 2.19. The first-order chi connectivity index (χ1) is 5.09. The average molecular weight is 161 g/mol. The molecule has 0 bridgehead atoms. The van der Waals surface area contributed by atoms with Crippen LogP contribution in [0.3, 0.4) is 0 Å². The highest BCUT2D eigenvalue weighted by Crippen LogP contribution is 2.17. The number of alkyl halides is 2. The van der Waals surface area contributed by atoms with E-state index in [1.807, 2.05) is 0 Å². The molecule has 1 rings (SSSR count). The summed E-state index contributed by atoms with van der Waals surface area (Å²) in [5, 5.41) is 0. The van der Waals surface area contributed by atoms with E-state index < -0.39 is 18.1 Å². The summed E-state index contributed by atoms with van der Waals surface area (Å²) in [6.07, 6.45) is -2.70. The molecule has 0 amide bonds. The lowest BCUT2D eigenvalue weighted by Crippen LogP contribution is -1.93. The molecular weight excluding hydrogens is 155 g/mol. The van der Waals surface area contributed by atoms with Gasteiger partial charge in [0.1, 0.15) is 5.69 Å². The minimum Gasteiger partial charge on any atom is -0.219 e. The molecule has 0 aliphatic rings. The third kappa shape index (κ3) is 1.93. The average Bonchev–Trinajstić information content (AvgIpc) is 1.85. The van der Waals surface area contributed by atoms with Crippen LogP contribution in [0.1, 0.15) is 17.7 Å². The quantitative estimate of drug-likeness (QED) is 0.576. The summed E-state index contributed by atoms with van der Waals surface area (Å²) in [5.41, 5.74) is -0.0599. The maximum absolute atomic E-state index is 12.3. The van der Waals surface area contributed by atoms with Gasteiger partial charge in [0.05, 0.1) is 0 Å². The van der Waals surface area contributed by atoms with Crippen molar-refractivity contribution in [3.63, 3.8) is 0 Å². The zero-order valence-electron chi connectivity index (χ0n) is 5.81. The van der Waals surface area contributed by atoms with Gasteiger partial charge in [0.2, 0.25) is 5.95 Å². The van der Waals surface area contributed by atoms with Crippen molar-refractivity contribution in [2.75, 3.05) is 0 Å². The summed E-state index contributed by atoms with van der Waals surface area (Å²) < 4.78 is 36.1. The zero-order chi connectivity index (χ0) is 8.43. The lowest BCUT2D eigenvalue weighted by Gasteiger charge is -1.99. The van der Waals surface area contributed by atoms with Gasteiger partial charge in [0.15, 0.2) is 0 Å². The molecule has 0 saturated carbocycles. The zero-order valence-corrected chi connectivity index (χ0v) is 5.81. The van der Waals surface area contributed by atoms with Crippen LogP contribution < -0.4 is 0 Å². The van der Waals surface area contributed by atoms with Gasteiger partial charge in [-0.15, -0.1) is 0 Å². The number of pyridine rings is 1. The molecule has 1 nitrogen and oxygen atoms in total. The molecule has 0 N–H and O–H groups in total. The van der Waals surface area contributed by atoms with Gasteiger partial charge in [-0.3, -0.25) is 0 Å². The maximum Gasteiger partial charge on any atom is 0.280 e. The molecule has 0 aliphatic heterocycles. The van der Waals surface area contributed by atoms with Gasteiger partial charge in [0.25, 0.3) is 6.43 Å². The smallest absolute Gasteiger partial charge is 0.219 e. The second-order valence-corrected chi connectivity index (χ2v) is 2.19. The van der Waals surface area contributed by atoms with E-state index in [0.29, 0.717) is 5.56 Å². The van der Waals surface area contributed by atoms with Crippen LogP contribution in [0.15, 0.2) is 12.1 Å². The number of hydrogen-bond donors (Lipinski definition) is 0. The van der Waals surface area contributed by atoms with E-state index in [4.69, 9.17) is 0 Å². The summed E-state index contributed by atoms with van der Waals surface area (Å²) in [7, 11) is 0. The lowest BCUT2D eigenvalue weighted by atomic mass is 10.2. The van der Waals surface area contributed by atoms with Crippen LogP contribution in [0.5, 0.6) is 0 Å². The molecular formula is C7H6F3N. The highest BCUT2D eigenvalue weighted by molar-refractivity contribution is 5.15. The van der Waals surface area contributed by atoms with Crippen molar-refractivity contribution in [2.45, 2.75) is 13.3 Å². The first kappa shape index (κ1) is 8.04. The van der Waals surface area contributed by atoms with Crippen molar-refractivity contribution in [1.82, 2.24) is 4.98 Å². The number of aryl methyl sites for hydroxylation is 1. The minimum atomic E-state index is -2.70. The van der Waals surface area contributed by atoms with Crippen LogP contribution in [0.4, 0.5) is 13.2 Å². The van der Waals surface area contributed by atoms with Gasteiger partial charge in [-0.25, -0.2) is 13.8 Å². The third-order valence-corrected chi connectivity index (χ3v) is 1.18. The standard InChI is InChI=1S/C7H6F3N/c1-4-2-5(7(9)10)11-6(8)3-4/h2-3,7H,1H3. The molecule has 0 atom stereocenters. The Morgan fingerprint density at radius 3 is 2.45 bits per heavy atom. The van der Waals surface area contributed by atoms with Crippen LogP contribution in [0.2, 0.25) is 0 Å². The summed E-state index contributed by atoms with van der Waals surface area (Å²) in [6.45, 7) is 1.54. The summed E-state index contributed by atoms with van der Waals surface area (Å²) in [6, 6.07) is 2.26. The van der Waals surface area contributed by atoms with Gasteiger partial charge < -0.3 is 0 Å². The Labute approximate surface area is 61.9 Å². The predicted octanol–water partition coefficient (Wildman–Crippen LogP) is 2.47. The van der Waals surface area contributed by atoms with E-state index in [9.17, 15) is 13.2 Å². The Bertz CT molecular complexity index is 240. The number of hydrogen-bond acceptors (Lipinski definition) is 1. The van der Waals surface area contributed by atoms with Gasteiger partial charge in [0, 0.05) is 0 Å². The molecule has 1 heterocycles. The first-order valence-corrected chi connectivity index (χ1v) is 3.02. The number of nitrogens with zero attached hydrogens (tertiary/aromatic N) is 1. The summed E-state index contributed by atoms with van der Waals surface area (Å²) in [4.78, 5) is 3.02.